The molecule has 3 nitrogen and oxygen atoms in total. The fraction of sp³-hybridized carbons (Fsp3) is 0.692. The maximum Gasteiger partial charge on any atom is 0.125 e. The quantitative estimate of drug-likeness (QED) is 0.814. The lowest BCUT2D eigenvalue weighted by Gasteiger charge is -2.12. The van der Waals surface area contributed by atoms with Crippen LogP contribution in [0, 0.1) is 12.8 Å². The Balaban J connectivity index is 1.87. The first kappa shape index (κ1) is 10.2. The molecule has 1 aliphatic carbocycles. The molecule has 2 heterocycles. The highest BCUT2D eigenvalue weighted by Gasteiger charge is 2.22. The molecule has 1 atom stereocenters. The molecule has 86 valence electrons. The number of aromatic nitrogens is 2. The number of fused-ring (bicyclic) bond motifs is 1. The zero-order chi connectivity index (χ0) is 11.0. The Morgan fingerprint density at radius 2 is 2.25 bits per heavy atom. The largest absolute Gasteiger partial charge is 0.316 e. The van der Waals surface area contributed by atoms with Gasteiger partial charge in [-0.05, 0) is 63.6 Å². The van der Waals surface area contributed by atoms with Crippen LogP contribution in [-0.2, 0) is 19.3 Å². The zero-order valence-corrected chi connectivity index (χ0v) is 9.92. The molecule has 1 saturated heterocycles. The lowest BCUT2D eigenvalue weighted by Crippen LogP contribution is -2.13. The number of rotatable bonds is 2. The van der Waals surface area contributed by atoms with Crippen molar-refractivity contribution >= 4 is 0 Å². The Morgan fingerprint density at radius 1 is 1.31 bits per heavy atom. The van der Waals surface area contributed by atoms with Crippen LogP contribution in [0.2, 0.25) is 0 Å². The van der Waals surface area contributed by atoms with Crippen LogP contribution in [0.1, 0.15) is 35.6 Å². The number of aryl methyl sites for hydroxylation is 2. The van der Waals surface area contributed by atoms with Crippen molar-refractivity contribution in [3.63, 3.8) is 0 Å². The van der Waals surface area contributed by atoms with Crippen molar-refractivity contribution < 1.29 is 0 Å². The summed E-state index contributed by atoms with van der Waals surface area (Å²) in [7, 11) is 0. The third-order valence-corrected chi connectivity index (χ3v) is 3.77. The summed E-state index contributed by atoms with van der Waals surface area (Å²) in [6, 6.07) is 0. The van der Waals surface area contributed by atoms with Crippen LogP contribution in [0.15, 0.2) is 0 Å². The first-order valence-corrected chi connectivity index (χ1v) is 6.39. The summed E-state index contributed by atoms with van der Waals surface area (Å²) < 4.78 is 0. The Labute approximate surface area is 96.7 Å². The minimum atomic E-state index is 0.791. The molecule has 1 unspecified atom stereocenters. The predicted octanol–water partition coefficient (Wildman–Crippen LogP) is 1.43. The second-order valence-electron chi connectivity index (χ2n) is 5.06. The molecule has 1 aromatic heterocycles. The van der Waals surface area contributed by atoms with Gasteiger partial charge >= 0.3 is 0 Å². The van der Waals surface area contributed by atoms with Gasteiger partial charge in [0.15, 0.2) is 0 Å². The van der Waals surface area contributed by atoms with E-state index in [2.05, 4.69) is 15.3 Å². The van der Waals surface area contributed by atoms with Crippen molar-refractivity contribution in [2.45, 2.75) is 39.0 Å². The van der Waals surface area contributed by atoms with Crippen LogP contribution >= 0.6 is 0 Å². The molecule has 0 bridgehead atoms. The van der Waals surface area contributed by atoms with Gasteiger partial charge < -0.3 is 5.32 Å². The van der Waals surface area contributed by atoms with E-state index in [1.165, 1.54) is 42.8 Å². The highest BCUT2D eigenvalue weighted by atomic mass is 14.9. The van der Waals surface area contributed by atoms with Gasteiger partial charge in [-0.3, -0.25) is 0 Å². The van der Waals surface area contributed by atoms with Gasteiger partial charge in [0.2, 0.25) is 0 Å². The van der Waals surface area contributed by atoms with Crippen molar-refractivity contribution in [2.24, 2.45) is 5.92 Å². The van der Waals surface area contributed by atoms with Crippen LogP contribution in [0.25, 0.3) is 0 Å². The Morgan fingerprint density at radius 3 is 3.06 bits per heavy atom. The fourth-order valence-corrected chi connectivity index (χ4v) is 2.98. The van der Waals surface area contributed by atoms with Gasteiger partial charge in [0, 0.05) is 11.4 Å². The van der Waals surface area contributed by atoms with Crippen molar-refractivity contribution in [2.75, 3.05) is 13.1 Å². The molecule has 0 radical (unpaired) electrons. The monoisotopic (exact) mass is 217 g/mol. The second-order valence-corrected chi connectivity index (χ2v) is 5.06. The number of nitrogens with one attached hydrogen (secondary N) is 1. The van der Waals surface area contributed by atoms with E-state index in [-0.39, 0.29) is 0 Å². The molecule has 1 aliphatic heterocycles. The van der Waals surface area contributed by atoms with Gasteiger partial charge in [0.1, 0.15) is 5.82 Å². The van der Waals surface area contributed by atoms with E-state index in [0.29, 0.717) is 0 Å². The first-order chi connectivity index (χ1) is 7.83. The van der Waals surface area contributed by atoms with Gasteiger partial charge in [0.05, 0.1) is 0 Å². The standard InChI is InChI=1S/C13H19N3/c1-9-15-12-4-2-3-11(12)13(16-9)7-10-5-6-14-8-10/h10,14H,2-8H2,1H3. The molecule has 0 amide bonds. The average molecular weight is 217 g/mol. The van der Waals surface area contributed by atoms with Crippen molar-refractivity contribution in [3.8, 4) is 0 Å². The SMILES string of the molecule is Cc1nc2c(c(CC3CCNC3)n1)CCC2. The zero-order valence-electron chi connectivity index (χ0n) is 9.92. The molecule has 0 spiro atoms. The third-order valence-electron chi connectivity index (χ3n) is 3.77. The summed E-state index contributed by atoms with van der Waals surface area (Å²) >= 11 is 0. The Kier molecular flexibility index (Phi) is 2.64. The topological polar surface area (TPSA) is 37.8 Å². The summed E-state index contributed by atoms with van der Waals surface area (Å²) in [6.45, 7) is 4.36. The number of nitrogens with zero attached hydrogens (tertiary/aromatic N) is 2. The van der Waals surface area contributed by atoms with Crippen molar-refractivity contribution in [3.05, 3.63) is 22.8 Å². The smallest absolute Gasteiger partial charge is 0.125 e. The van der Waals surface area contributed by atoms with Gasteiger partial charge in [-0.25, -0.2) is 9.97 Å². The van der Waals surface area contributed by atoms with Gasteiger partial charge in [-0.1, -0.05) is 0 Å². The molecule has 0 aromatic carbocycles. The number of hydrogen-bond acceptors (Lipinski definition) is 3. The van der Waals surface area contributed by atoms with Gasteiger partial charge in [-0.15, -0.1) is 0 Å². The maximum absolute atomic E-state index is 4.67. The van der Waals surface area contributed by atoms with Gasteiger partial charge in [-0.2, -0.15) is 0 Å². The highest BCUT2D eigenvalue weighted by molar-refractivity contribution is 5.30. The van der Waals surface area contributed by atoms with Gasteiger partial charge in [0.25, 0.3) is 0 Å². The highest BCUT2D eigenvalue weighted by Crippen LogP contribution is 2.25. The summed E-state index contributed by atoms with van der Waals surface area (Å²) in [4.78, 5) is 9.23. The molecule has 16 heavy (non-hydrogen) atoms. The van der Waals surface area contributed by atoms with Crippen LogP contribution < -0.4 is 5.32 Å². The first-order valence-electron chi connectivity index (χ1n) is 6.39. The van der Waals surface area contributed by atoms with Crippen LogP contribution in [0.5, 0.6) is 0 Å². The summed E-state index contributed by atoms with van der Waals surface area (Å²) in [5.74, 6) is 1.75. The van der Waals surface area contributed by atoms with E-state index >= 15 is 0 Å². The molecular formula is C13H19N3. The normalized spacial score (nSPS) is 23.7. The molecule has 0 saturated carbocycles. The fourth-order valence-electron chi connectivity index (χ4n) is 2.98. The van der Waals surface area contributed by atoms with E-state index in [4.69, 9.17) is 0 Å². The lowest BCUT2D eigenvalue weighted by atomic mass is 9.99. The minimum Gasteiger partial charge on any atom is -0.316 e. The molecule has 1 fully saturated rings. The van der Waals surface area contributed by atoms with E-state index in [1.807, 2.05) is 6.92 Å². The van der Waals surface area contributed by atoms with Crippen molar-refractivity contribution in [1.82, 2.24) is 15.3 Å². The summed E-state index contributed by atoms with van der Waals surface area (Å²) in [6.07, 6.45) is 6.08. The molecule has 1 aromatic rings. The predicted molar refractivity (Wildman–Crippen MR) is 63.5 cm³/mol. The second kappa shape index (κ2) is 4.13. The van der Waals surface area contributed by atoms with E-state index in [1.54, 1.807) is 0 Å². The average Bonchev–Trinajstić information content (AvgIpc) is 2.87. The number of hydrogen-bond donors (Lipinski definition) is 1. The molecule has 2 aliphatic rings. The summed E-state index contributed by atoms with van der Waals surface area (Å²) in [5.41, 5.74) is 4.14. The maximum atomic E-state index is 4.67. The lowest BCUT2D eigenvalue weighted by molar-refractivity contribution is 0.566. The third kappa shape index (κ3) is 1.84. The van der Waals surface area contributed by atoms with E-state index in [9.17, 15) is 0 Å². The molecule has 1 N–H and O–H groups in total. The summed E-state index contributed by atoms with van der Waals surface area (Å²) in [5, 5.41) is 3.43. The van der Waals surface area contributed by atoms with Crippen LogP contribution in [0.3, 0.4) is 0 Å². The van der Waals surface area contributed by atoms with Crippen LogP contribution in [0.4, 0.5) is 0 Å². The Hall–Kier alpha value is -0.960. The molecule has 3 rings (SSSR count). The molecule has 3 heteroatoms. The minimum absolute atomic E-state index is 0.791. The van der Waals surface area contributed by atoms with Crippen LogP contribution in [-0.4, -0.2) is 23.1 Å². The Bertz CT molecular complexity index is 394. The van der Waals surface area contributed by atoms with E-state index in [0.717, 1.165) is 31.1 Å². The van der Waals surface area contributed by atoms with Crippen molar-refractivity contribution in [1.29, 1.82) is 0 Å². The molecular weight excluding hydrogens is 198 g/mol. The van der Waals surface area contributed by atoms with E-state index < -0.39 is 0 Å².